The van der Waals surface area contributed by atoms with E-state index in [2.05, 4.69) is 29.2 Å². The molecular formula is C7H13BrNO+. The van der Waals surface area contributed by atoms with Crippen molar-refractivity contribution in [2.45, 2.75) is 0 Å². The van der Waals surface area contributed by atoms with Crippen LogP contribution in [0, 0.1) is 0 Å². The van der Waals surface area contributed by atoms with Crippen LogP contribution in [0.4, 0.5) is 0 Å². The fourth-order valence-electron chi connectivity index (χ4n) is 1.05. The predicted molar refractivity (Wildman–Crippen MR) is 44.8 cm³/mol. The van der Waals surface area contributed by atoms with Crippen LogP contribution in [0.2, 0.25) is 0 Å². The van der Waals surface area contributed by atoms with Gasteiger partial charge in [0.15, 0.2) is 0 Å². The molecule has 0 aliphatic carbocycles. The van der Waals surface area contributed by atoms with Gasteiger partial charge in [-0.05, 0) is 0 Å². The molecule has 0 saturated carbocycles. The summed E-state index contributed by atoms with van der Waals surface area (Å²) >= 11 is 3.28. The van der Waals surface area contributed by atoms with Crippen LogP contribution < -0.4 is 0 Å². The first-order valence-electron chi connectivity index (χ1n) is 3.47. The van der Waals surface area contributed by atoms with Crippen LogP contribution in [0.25, 0.3) is 0 Å². The van der Waals surface area contributed by atoms with Gasteiger partial charge >= 0.3 is 0 Å². The van der Waals surface area contributed by atoms with Crippen molar-refractivity contribution in [3.05, 3.63) is 11.2 Å². The standard InChI is InChI=1S/C7H13BrNO/c1-9(3-2-8)4-6-10-7-5-9/h2-3H,4-7H2,1H3/q+1/b3-2+. The van der Waals surface area contributed by atoms with Crippen LogP contribution in [0.15, 0.2) is 11.2 Å². The summed E-state index contributed by atoms with van der Waals surface area (Å²) in [4.78, 5) is 1.93. The molecule has 0 unspecified atom stereocenters. The molecule has 1 heterocycles. The molecule has 1 aliphatic rings. The van der Waals surface area contributed by atoms with Gasteiger partial charge < -0.3 is 4.74 Å². The van der Waals surface area contributed by atoms with Crippen LogP contribution in [0.1, 0.15) is 0 Å². The zero-order valence-electron chi connectivity index (χ0n) is 6.22. The highest BCUT2D eigenvalue weighted by atomic mass is 79.9. The molecule has 0 aromatic carbocycles. The number of ether oxygens (including phenoxy) is 1. The van der Waals surface area contributed by atoms with E-state index in [1.807, 2.05) is 4.99 Å². The topological polar surface area (TPSA) is 9.23 Å². The highest BCUT2D eigenvalue weighted by molar-refractivity contribution is 9.11. The van der Waals surface area contributed by atoms with Crippen molar-refractivity contribution in [3.63, 3.8) is 0 Å². The lowest BCUT2D eigenvalue weighted by molar-refractivity contribution is -0.867. The van der Waals surface area contributed by atoms with Gasteiger partial charge in [-0.25, -0.2) is 0 Å². The Labute approximate surface area is 70.2 Å². The lowest BCUT2D eigenvalue weighted by atomic mass is 10.4. The monoisotopic (exact) mass is 206 g/mol. The van der Waals surface area contributed by atoms with Crippen LogP contribution >= 0.6 is 15.9 Å². The lowest BCUT2D eigenvalue weighted by Crippen LogP contribution is -2.47. The molecule has 0 bridgehead atoms. The van der Waals surface area contributed by atoms with Crippen molar-refractivity contribution in [3.8, 4) is 0 Å². The average molecular weight is 207 g/mol. The maximum atomic E-state index is 5.25. The van der Waals surface area contributed by atoms with Gasteiger partial charge in [-0.3, -0.25) is 4.48 Å². The summed E-state index contributed by atoms with van der Waals surface area (Å²) in [7, 11) is 2.21. The molecular weight excluding hydrogens is 194 g/mol. The number of halogens is 1. The molecule has 1 aliphatic heterocycles. The van der Waals surface area contributed by atoms with Crippen molar-refractivity contribution < 1.29 is 9.22 Å². The van der Waals surface area contributed by atoms with E-state index in [4.69, 9.17) is 4.74 Å². The zero-order valence-corrected chi connectivity index (χ0v) is 7.80. The Morgan fingerprint density at radius 2 is 2.00 bits per heavy atom. The van der Waals surface area contributed by atoms with Gasteiger partial charge in [0.1, 0.15) is 19.3 Å². The van der Waals surface area contributed by atoms with E-state index >= 15 is 0 Å². The number of rotatable bonds is 1. The molecule has 1 saturated heterocycles. The molecule has 0 atom stereocenters. The van der Waals surface area contributed by atoms with Gasteiger partial charge in [0, 0.05) is 4.99 Å². The lowest BCUT2D eigenvalue weighted by Gasteiger charge is -2.33. The average Bonchev–Trinajstić information content (AvgIpc) is 1.89. The number of hydrogen-bond acceptors (Lipinski definition) is 1. The van der Waals surface area contributed by atoms with Crippen molar-refractivity contribution >= 4 is 15.9 Å². The molecule has 58 valence electrons. The molecule has 2 nitrogen and oxygen atoms in total. The quantitative estimate of drug-likeness (QED) is 0.589. The van der Waals surface area contributed by atoms with Gasteiger partial charge in [0.25, 0.3) is 0 Å². The van der Waals surface area contributed by atoms with Crippen molar-refractivity contribution in [1.82, 2.24) is 0 Å². The van der Waals surface area contributed by atoms with Crippen molar-refractivity contribution in [2.24, 2.45) is 0 Å². The first-order valence-corrected chi connectivity index (χ1v) is 4.38. The second-order valence-electron chi connectivity index (χ2n) is 2.81. The molecule has 1 rings (SSSR count). The number of hydrogen-bond donors (Lipinski definition) is 0. The third-order valence-electron chi connectivity index (χ3n) is 1.91. The maximum Gasteiger partial charge on any atom is 0.106 e. The smallest absolute Gasteiger partial charge is 0.106 e. The van der Waals surface area contributed by atoms with E-state index in [0.29, 0.717) is 0 Å². The summed E-state index contributed by atoms with van der Waals surface area (Å²) in [5.41, 5.74) is 0. The number of nitrogens with zero attached hydrogens (tertiary/aromatic N) is 1. The van der Waals surface area contributed by atoms with E-state index in [0.717, 1.165) is 30.8 Å². The van der Waals surface area contributed by atoms with Gasteiger partial charge in [0.05, 0.1) is 20.3 Å². The first kappa shape index (κ1) is 8.24. The summed E-state index contributed by atoms with van der Waals surface area (Å²) in [6.07, 6.45) is 2.16. The highest BCUT2D eigenvalue weighted by Gasteiger charge is 2.21. The molecule has 0 aromatic heterocycles. The minimum Gasteiger partial charge on any atom is -0.370 e. The minimum absolute atomic E-state index is 0.883. The van der Waals surface area contributed by atoms with E-state index in [-0.39, 0.29) is 0 Å². The molecule has 0 aromatic rings. The van der Waals surface area contributed by atoms with Gasteiger partial charge in [-0.15, -0.1) is 0 Å². The van der Waals surface area contributed by atoms with Crippen LogP contribution in [0.3, 0.4) is 0 Å². The third kappa shape index (κ3) is 2.08. The predicted octanol–water partition coefficient (Wildman–Crippen LogP) is 1.33. The van der Waals surface area contributed by atoms with Crippen LogP contribution in [-0.4, -0.2) is 37.8 Å². The Morgan fingerprint density at radius 1 is 1.40 bits per heavy atom. The largest absolute Gasteiger partial charge is 0.370 e. The second-order valence-corrected chi connectivity index (χ2v) is 3.34. The van der Waals surface area contributed by atoms with E-state index in [1.165, 1.54) is 0 Å². The highest BCUT2D eigenvalue weighted by Crippen LogP contribution is 2.08. The molecule has 10 heavy (non-hydrogen) atoms. The Morgan fingerprint density at radius 3 is 2.50 bits per heavy atom. The van der Waals surface area contributed by atoms with E-state index in [9.17, 15) is 0 Å². The van der Waals surface area contributed by atoms with E-state index < -0.39 is 0 Å². The minimum atomic E-state index is 0.883. The van der Waals surface area contributed by atoms with Gasteiger partial charge in [-0.2, -0.15) is 0 Å². The van der Waals surface area contributed by atoms with Crippen molar-refractivity contribution in [1.29, 1.82) is 0 Å². The Hall–Kier alpha value is 0.140. The summed E-state index contributed by atoms with van der Waals surface area (Å²) in [6.45, 7) is 3.94. The van der Waals surface area contributed by atoms with E-state index in [1.54, 1.807) is 0 Å². The molecule has 0 spiro atoms. The summed E-state index contributed by atoms with van der Waals surface area (Å²) in [5.74, 6) is 0. The fourth-order valence-corrected chi connectivity index (χ4v) is 1.62. The molecule has 0 radical (unpaired) electrons. The van der Waals surface area contributed by atoms with Gasteiger partial charge in [0.2, 0.25) is 0 Å². The summed E-state index contributed by atoms with van der Waals surface area (Å²) < 4.78 is 6.24. The van der Waals surface area contributed by atoms with Crippen molar-refractivity contribution in [2.75, 3.05) is 33.4 Å². The summed E-state index contributed by atoms with van der Waals surface area (Å²) in [5, 5.41) is 0. The second kappa shape index (κ2) is 3.51. The molecule has 3 heteroatoms. The Balaban J connectivity index is 2.48. The molecule has 0 N–H and O–H groups in total. The summed E-state index contributed by atoms with van der Waals surface area (Å²) in [6, 6.07) is 0. The third-order valence-corrected chi connectivity index (χ3v) is 2.15. The number of likely N-dealkylation sites (N-methyl/N-ethyl adjacent to an activating group) is 1. The SMILES string of the molecule is C[N+]1(/C=C/Br)CCOCC1. The van der Waals surface area contributed by atoms with Gasteiger partial charge in [-0.1, -0.05) is 15.9 Å². The first-order chi connectivity index (χ1) is 4.77. The van der Waals surface area contributed by atoms with Crippen LogP contribution in [0.5, 0.6) is 0 Å². The number of morpholine rings is 1. The van der Waals surface area contributed by atoms with Crippen LogP contribution in [-0.2, 0) is 4.74 Å². The normalized spacial score (nSPS) is 25.4. The Bertz CT molecular complexity index is 130. The zero-order chi connectivity index (χ0) is 7.45. The number of quaternary nitrogens is 1. The molecule has 0 amide bonds. The maximum absolute atomic E-state index is 5.25. The molecule has 1 fully saturated rings. The Kier molecular flexibility index (Phi) is 2.89. The fraction of sp³-hybridized carbons (Fsp3) is 0.714.